The summed E-state index contributed by atoms with van der Waals surface area (Å²) in [4.78, 5) is 0. The molecule has 0 saturated carbocycles. The highest BCUT2D eigenvalue weighted by atomic mass is 32.2. The molecule has 1 N–H and O–H groups in total. The van der Waals surface area contributed by atoms with Crippen molar-refractivity contribution in [3.05, 3.63) is 18.4 Å². The fourth-order valence-corrected chi connectivity index (χ4v) is 0.569. The van der Waals surface area contributed by atoms with E-state index in [2.05, 4.69) is 6.58 Å². The zero-order valence-corrected chi connectivity index (χ0v) is 5.06. The van der Waals surface area contributed by atoms with E-state index in [1.54, 1.807) is 0 Å². The van der Waals surface area contributed by atoms with E-state index in [9.17, 15) is 8.42 Å². The van der Waals surface area contributed by atoms with E-state index < -0.39 is 10.1 Å². The van der Waals surface area contributed by atoms with Crippen molar-refractivity contribution in [3.8, 4) is 0 Å². The van der Waals surface area contributed by atoms with Gasteiger partial charge in [0.05, 0.1) is 0 Å². The third-order valence-electron chi connectivity index (χ3n) is 0.474. The van der Waals surface area contributed by atoms with Crippen molar-refractivity contribution in [2.24, 2.45) is 0 Å². The van der Waals surface area contributed by atoms with E-state index >= 15 is 0 Å². The third kappa shape index (κ3) is 5.65. The van der Waals surface area contributed by atoms with Crippen LogP contribution in [0.2, 0.25) is 0 Å². The molecule has 0 aromatic carbocycles. The van der Waals surface area contributed by atoms with Gasteiger partial charge in [0.15, 0.2) is 0 Å². The second kappa shape index (κ2) is 2.84. The van der Waals surface area contributed by atoms with Crippen LogP contribution in [0.25, 0.3) is 0 Å². The quantitative estimate of drug-likeness (QED) is 0.455. The third-order valence-corrected chi connectivity index (χ3v) is 1.09. The molecule has 0 rings (SSSR count). The molecule has 0 unspecified atom stereocenters. The Bertz CT molecular complexity index is 156. The Morgan fingerprint density at radius 3 is 2.25 bits per heavy atom. The molecule has 8 heavy (non-hydrogen) atoms. The Morgan fingerprint density at radius 1 is 1.62 bits per heavy atom. The van der Waals surface area contributed by atoms with Crippen LogP contribution in [-0.2, 0) is 10.1 Å². The highest BCUT2D eigenvalue weighted by Gasteiger charge is 2.00. The van der Waals surface area contributed by atoms with E-state index in [0.717, 1.165) is 5.75 Å². The summed E-state index contributed by atoms with van der Waals surface area (Å²) in [7, 11) is -3.88. The molecule has 0 atom stereocenters. The SMILES string of the molecule is C=CC[CH]S(=O)(=O)O. The van der Waals surface area contributed by atoms with E-state index in [4.69, 9.17) is 4.55 Å². The predicted molar refractivity (Wildman–Crippen MR) is 30.7 cm³/mol. The van der Waals surface area contributed by atoms with Crippen LogP contribution in [0.15, 0.2) is 12.7 Å². The van der Waals surface area contributed by atoms with Crippen molar-refractivity contribution in [1.29, 1.82) is 0 Å². The Hall–Kier alpha value is -0.350. The van der Waals surface area contributed by atoms with Gasteiger partial charge in [-0.3, -0.25) is 4.55 Å². The first-order chi connectivity index (χ1) is 3.56. The van der Waals surface area contributed by atoms with E-state index in [-0.39, 0.29) is 6.42 Å². The molecule has 47 valence electrons. The molecular formula is C4H7O3S. The van der Waals surface area contributed by atoms with Crippen LogP contribution in [0.3, 0.4) is 0 Å². The summed E-state index contributed by atoms with van der Waals surface area (Å²) in [5.74, 6) is 0.778. The molecule has 0 aromatic rings. The topological polar surface area (TPSA) is 54.4 Å². The Morgan fingerprint density at radius 2 is 2.12 bits per heavy atom. The van der Waals surface area contributed by atoms with Crippen molar-refractivity contribution >= 4 is 10.1 Å². The maximum atomic E-state index is 9.84. The first-order valence-corrected chi connectivity index (χ1v) is 3.48. The molecule has 3 nitrogen and oxygen atoms in total. The minimum atomic E-state index is -3.88. The van der Waals surface area contributed by atoms with Gasteiger partial charge in [-0.05, 0) is 6.42 Å². The highest BCUT2D eigenvalue weighted by Crippen LogP contribution is 1.94. The van der Waals surface area contributed by atoms with Crippen LogP contribution in [0.1, 0.15) is 6.42 Å². The molecule has 0 aromatic heterocycles. The molecule has 0 aliphatic rings. The van der Waals surface area contributed by atoms with Gasteiger partial charge < -0.3 is 0 Å². The lowest BCUT2D eigenvalue weighted by molar-refractivity contribution is 0.489. The summed E-state index contributed by atoms with van der Waals surface area (Å²) >= 11 is 0. The average Bonchev–Trinajstić information content (AvgIpc) is 1.59. The van der Waals surface area contributed by atoms with Crippen LogP contribution in [-0.4, -0.2) is 13.0 Å². The van der Waals surface area contributed by atoms with Gasteiger partial charge >= 0.3 is 0 Å². The van der Waals surface area contributed by atoms with Crippen molar-refractivity contribution < 1.29 is 13.0 Å². The lowest BCUT2D eigenvalue weighted by atomic mass is 10.5. The molecule has 0 aliphatic carbocycles. The molecule has 0 heterocycles. The number of hydrogen-bond donors (Lipinski definition) is 1. The van der Waals surface area contributed by atoms with Crippen molar-refractivity contribution in [2.75, 3.05) is 0 Å². The Balaban J connectivity index is 3.57. The summed E-state index contributed by atoms with van der Waals surface area (Å²) < 4.78 is 27.7. The maximum Gasteiger partial charge on any atom is 0.269 e. The van der Waals surface area contributed by atoms with Crippen LogP contribution in [0.5, 0.6) is 0 Å². The first-order valence-electron chi connectivity index (χ1n) is 1.98. The van der Waals surface area contributed by atoms with Crippen molar-refractivity contribution in [2.45, 2.75) is 6.42 Å². The maximum absolute atomic E-state index is 9.84. The monoisotopic (exact) mass is 135 g/mol. The molecule has 0 saturated heterocycles. The fourth-order valence-electron chi connectivity index (χ4n) is 0.190. The largest absolute Gasteiger partial charge is 0.285 e. The lowest BCUT2D eigenvalue weighted by Crippen LogP contribution is -1.95. The number of rotatable bonds is 3. The van der Waals surface area contributed by atoms with Gasteiger partial charge in [0.25, 0.3) is 10.1 Å². The van der Waals surface area contributed by atoms with Crippen LogP contribution in [0.4, 0.5) is 0 Å². The van der Waals surface area contributed by atoms with E-state index in [1.807, 2.05) is 0 Å². The van der Waals surface area contributed by atoms with Crippen LogP contribution < -0.4 is 0 Å². The van der Waals surface area contributed by atoms with Crippen molar-refractivity contribution in [3.63, 3.8) is 0 Å². The summed E-state index contributed by atoms with van der Waals surface area (Å²) in [6, 6.07) is 0. The second-order valence-electron chi connectivity index (χ2n) is 1.21. The van der Waals surface area contributed by atoms with Gasteiger partial charge in [-0.25, -0.2) is 0 Å². The Labute approximate surface area is 48.8 Å². The smallest absolute Gasteiger partial charge is 0.269 e. The average molecular weight is 135 g/mol. The number of allylic oxidation sites excluding steroid dienone is 1. The number of hydrogen-bond acceptors (Lipinski definition) is 2. The standard InChI is InChI=1S/C4H7O3S/c1-2-3-4-8(5,6)7/h2,4H,1,3H2,(H,5,6,7). The Kier molecular flexibility index (Phi) is 2.71. The second-order valence-corrected chi connectivity index (χ2v) is 2.57. The minimum absolute atomic E-state index is 0.179. The summed E-state index contributed by atoms with van der Waals surface area (Å²) in [5.41, 5.74) is 0. The highest BCUT2D eigenvalue weighted by molar-refractivity contribution is 7.87. The van der Waals surface area contributed by atoms with Crippen LogP contribution >= 0.6 is 0 Å². The summed E-state index contributed by atoms with van der Waals surface area (Å²) in [5, 5.41) is 0. The van der Waals surface area contributed by atoms with Gasteiger partial charge in [0.2, 0.25) is 0 Å². The lowest BCUT2D eigenvalue weighted by Gasteiger charge is -1.86. The van der Waals surface area contributed by atoms with Gasteiger partial charge in [-0.15, -0.1) is 6.58 Å². The molecule has 0 spiro atoms. The zero-order chi connectivity index (χ0) is 6.62. The molecule has 0 bridgehead atoms. The fraction of sp³-hybridized carbons (Fsp3) is 0.250. The zero-order valence-electron chi connectivity index (χ0n) is 4.24. The van der Waals surface area contributed by atoms with E-state index in [1.165, 1.54) is 6.08 Å². The molecule has 0 aliphatic heterocycles. The predicted octanol–water partition coefficient (Wildman–Crippen LogP) is 0.612. The molecule has 4 heteroatoms. The molecule has 0 fully saturated rings. The molecular weight excluding hydrogens is 128 g/mol. The van der Waals surface area contributed by atoms with Gasteiger partial charge in [0, 0.05) is 0 Å². The van der Waals surface area contributed by atoms with Gasteiger partial charge in [0.1, 0.15) is 5.75 Å². The minimum Gasteiger partial charge on any atom is -0.285 e. The summed E-state index contributed by atoms with van der Waals surface area (Å²) in [6.07, 6.45) is 1.56. The van der Waals surface area contributed by atoms with E-state index in [0.29, 0.717) is 0 Å². The molecule has 0 amide bonds. The van der Waals surface area contributed by atoms with Gasteiger partial charge in [-0.1, -0.05) is 6.08 Å². The van der Waals surface area contributed by atoms with Crippen molar-refractivity contribution in [1.82, 2.24) is 0 Å². The first kappa shape index (κ1) is 7.65. The van der Waals surface area contributed by atoms with Gasteiger partial charge in [-0.2, -0.15) is 8.42 Å². The van der Waals surface area contributed by atoms with Crippen LogP contribution in [0, 0.1) is 5.75 Å². The molecule has 1 radical (unpaired) electrons. The normalized spacial score (nSPS) is 11.1. The summed E-state index contributed by atoms with van der Waals surface area (Å²) in [6.45, 7) is 3.26.